The van der Waals surface area contributed by atoms with E-state index in [9.17, 15) is 9.59 Å². The summed E-state index contributed by atoms with van der Waals surface area (Å²) < 4.78 is 9.02. The number of amides is 2. The SMILES string of the molecule is CCn1c2ccccc2c2cc(/C=C/c3cc[n+](CCCC(=O)NCCSSCCNC(=O)CCC[n+]4ccc(/C=C/c5ccc6c(c5)c5ccccc5n6CC)cc4)cc3)ccc21. The van der Waals surface area contributed by atoms with Crippen LogP contribution in [0.15, 0.2) is 134 Å². The summed E-state index contributed by atoms with van der Waals surface area (Å²) >= 11 is 0. The first-order chi connectivity index (χ1) is 31.5. The van der Waals surface area contributed by atoms with Crippen LogP contribution in [-0.2, 0) is 35.8 Å². The molecule has 0 unspecified atom stereocenters. The van der Waals surface area contributed by atoms with Crippen LogP contribution >= 0.6 is 21.6 Å². The zero-order valence-electron chi connectivity index (χ0n) is 36.9. The van der Waals surface area contributed by atoms with Crippen LogP contribution in [0, 0.1) is 0 Å². The number of para-hydroxylation sites is 2. The van der Waals surface area contributed by atoms with Crippen LogP contribution in [0.5, 0.6) is 0 Å². The van der Waals surface area contributed by atoms with Gasteiger partial charge in [-0.05, 0) is 72.5 Å². The highest BCUT2D eigenvalue weighted by Gasteiger charge is 2.12. The van der Waals surface area contributed by atoms with Crippen LogP contribution in [0.4, 0.5) is 0 Å². The summed E-state index contributed by atoms with van der Waals surface area (Å²) in [7, 11) is 3.45. The molecule has 0 atom stereocenters. The van der Waals surface area contributed by atoms with E-state index in [1.54, 1.807) is 21.6 Å². The molecule has 0 saturated heterocycles. The molecule has 10 heteroatoms. The van der Waals surface area contributed by atoms with Gasteiger partial charge in [0, 0.05) is 131 Å². The van der Waals surface area contributed by atoms with Gasteiger partial charge in [-0.25, -0.2) is 9.13 Å². The maximum absolute atomic E-state index is 12.4. The fraction of sp³-hybridized carbons (Fsp3) is 0.259. The van der Waals surface area contributed by atoms with E-state index < -0.39 is 0 Å². The van der Waals surface area contributed by atoms with Gasteiger partial charge in [0.15, 0.2) is 24.8 Å². The first-order valence-corrected chi connectivity index (χ1v) is 25.1. The number of hydrogen-bond acceptors (Lipinski definition) is 4. The lowest BCUT2D eigenvalue weighted by Gasteiger charge is -2.06. The molecule has 0 aliphatic heterocycles. The summed E-state index contributed by atoms with van der Waals surface area (Å²) in [5.74, 6) is 1.83. The van der Waals surface area contributed by atoms with Crippen molar-refractivity contribution in [1.82, 2.24) is 19.8 Å². The first-order valence-electron chi connectivity index (χ1n) is 22.6. The third-order valence-electron chi connectivity index (χ3n) is 11.7. The number of carbonyl (C=O) groups is 2. The molecule has 4 aromatic heterocycles. The van der Waals surface area contributed by atoms with Crippen molar-refractivity contribution in [2.24, 2.45) is 0 Å². The quantitative estimate of drug-likeness (QED) is 0.0428. The molecule has 0 radical (unpaired) electrons. The number of nitrogens with one attached hydrogen (secondary N) is 2. The van der Waals surface area contributed by atoms with E-state index >= 15 is 0 Å². The Morgan fingerprint density at radius 3 is 1.31 bits per heavy atom. The molecule has 2 amide bonds. The fourth-order valence-corrected chi connectivity index (χ4v) is 10.3. The fourth-order valence-electron chi connectivity index (χ4n) is 8.48. The van der Waals surface area contributed by atoms with E-state index in [4.69, 9.17) is 0 Å². The summed E-state index contributed by atoms with van der Waals surface area (Å²) in [5, 5.41) is 11.2. The Hall–Kier alpha value is -6.10. The van der Waals surface area contributed by atoms with E-state index in [2.05, 4.69) is 201 Å². The van der Waals surface area contributed by atoms with Gasteiger partial charge in [-0.15, -0.1) is 0 Å². The highest BCUT2D eigenvalue weighted by Crippen LogP contribution is 2.31. The maximum atomic E-state index is 12.4. The molecule has 0 fully saturated rings. The number of nitrogens with zero attached hydrogens (tertiary/aromatic N) is 4. The van der Waals surface area contributed by atoms with Gasteiger partial charge in [0.1, 0.15) is 13.1 Å². The minimum Gasteiger partial charge on any atom is -0.355 e. The average Bonchev–Trinajstić information content (AvgIpc) is 3.83. The molecule has 0 aliphatic carbocycles. The van der Waals surface area contributed by atoms with Gasteiger partial charge in [-0.1, -0.05) is 94.4 Å². The molecular formula is C54H58N6O2S2+2. The predicted octanol–water partition coefficient (Wildman–Crippen LogP) is 10.7. The monoisotopic (exact) mass is 886 g/mol. The van der Waals surface area contributed by atoms with Crippen molar-refractivity contribution < 1.29 is 18.7 Å². The topological polar surface area (TPSA) is 75.8 Å². The van der Waals surface area contributed by atoms with Gasteiger partial charge >= 0.3 is 0 Å². The minimum absolute atomic E-state index is 0.0873. The molecule has 8 rings (SSSR count). The lowest BCUT2D eigenvalue weighted by atomic mass is 10.1. The van der Waals surface area contributed by atoms with Gasteiger partial charge in [0.25, 0.3) is 0 Å². The molecule has 0 spiro atoms. The summed E-state index contributed by atoms with van der Waals surface area (Å²) in [5.41, 5.74) is 9.75. The third kappa shape index (κ3) is 11.2. The van der Waals surface area contributed by atoms with Crippen molar-refractivity contribution in [3.05, 3.63) is 156 Å². The number of fused-ring (bicyclic) bond motifs is 6. The molecule has 326 valence electrons. The number of rotatable bonds is 21. The van der Waals surface area contributed by atoms with Crippen molar-refractivity contribution in [2.45, 2.75) is 65.7 Å². The Morgan fingerprint density at radius 1 is 0.500 bits per heavy atom. The molecule has 0 bridgehead atoms. The number of aryl methyl sites for hydroxylation is 4. The second-order valence-corrected chi connectivity index (χ2v) is 18.7. The number of hydrogen-bond donors (Lipinski definition) is 2. The Balaban J connectivity index is 0.649. The van der Waals surface area contributed by atoms with Gasteiger partial charge in [-0.3, -0.25) is 9.59 Å². The summed E-state index contributed by atoms with van der Waals surface area (Å²) in [6.07, 6.45) is 19.6. The average molecular weight is 887 g/mol. The van der Waals surface area contributed by atoms with E-state index in [0.29, 0.717) is 25.9 Å². The molecule has 0 aliphatic rings. The highest BCUT2D eigenvalue weighted by molar-refractivity contribution is 8.76. The van der Waals surface area contributed by atoms with E-state index in [0.717, 1.165) is 61.7 Å². The van der Waals surface area contributed by atoms with Gasteiger partial charge < -0.3 is 19.8 Å². The molecule has 4 aromatic carbocycles. The van der Waals surface area contributed by atoms with Crippen molar-refractivity contribution in [1.29, 1.82) is 0 Å². The first kappa shape index (κ1) is 44.5. The van der Waals surface area contributed by atoms with Gasteiger partial charge in [0.2, 0.25) is 11.8 Å². The second-order valence-electron chi connectivity index (χ2n) is 16.0. The largest absolute Gasteiger partial charge is 0.355 e. The van der Waals surface area contributed by atoms with E-state index in [1.165, 1.54) is 54.7 Å². The third-order valence-corrected chi connectivity index (χ3v) is 14.1. The molecule has 64 heavy (non-hydrogen) atoms. The smallest absolute Gasteiger partial charge is 0.220 e. The number of pyridine rings is 2. The van der Waals surface area contributed by atoms with Crippen molar-refractivity contribution in [3.63, 3.8) is 0 Å². The van der Waals surface area contributed by atoms with Crippen LogP contribution in [0.1, 0.15) is 61.8 Å². The van der Waals surface area contributed by atoms with E-state index in [1.807, 2.05) is 0 Å². The van der Waals surface area contributed by atoms with Crippen LogP contribution in [0.3, 0.4) is 0 Å². The lowest BCUT2D eigenvalue weighted by molar-refractivity contribution is -0.697. The number of benzene rings is 4. The van der Waals surface area contributed by atoms with Crippen LogP contribution in [0.25, 0.3) is 67.9 Å². The van der Waals surface area contributed by atoms with Crippen LogP contribution < -0.4 is 19.8 Å². The van der Waals surface area contributed by atoms with Crippen molar-refractivity contribution >= 4 is 101 Å². The zero-order valence-corrected chi connectivity index (χ0v) is 38.6. The Labute approximate surface area is 384 Å². The van der Waals surface area contributed by atoms with Crippen LogP contribution in [-0.4, -0.2) is 45.5 Å². The minimum atomic E-state index is 0.0873. The zero-order chi connectivity index (χ0) is 44.1. The van der Waals surface area contributed by atoms with Crippen molar-refractivity contribution in [3.8, 4) is 0 Å². The number of carbonyl (C=O) groups excluding carboxylic acids is 2. The summed E-state index contributed by atoms with van der Waals surface area (Å²) in [6, 6.07) is 39.1. The summed E-state index contributed by atoms with van der Waals surface area (Å²) in [4.78, 5) is 24.9. The highest BCUT2D eigenvalue weighted by atomic mass is 33.1. The second kappa shape index (κ2) is 22.0. The molecule has 4 heterocycles. The number of aromatic nitrogens is 4. The molecule has 0 saturated carbocycles. The molecule has 8 nitrogen and oxygen atoms in total. The molecular weight excluding hydrogens is 829 g/mol. The van der Waals surface area contributed by atoms with Crippen LogP contribution in [0.2, 0.25) is 0 Å². The van der Waals surface area contributed by atoms with Crippen molar-refractivity contribution in [2.75, 3.05) is 24.6 Å². The maximum Gasteiger partial charge on any atom is 0.220 e. The lowest BCUT2D eigenvalue weighted by Crippen LogP contribution is -2.34. The van der Waals surface area contributed by atoms with Gasteiger partial charge in [0.05, 0.1) is 0 Å². The Bertz CT molecular complexity index is 2710. The standard InChI is InChI=1S/C54H56N6O2S2/c1-3-59-49-13-7-5-11-45(49)47-39-43(21-23-51(47)59)19-17-41-25-33-57(34-26-41)31-9-15-53(61)55-29-37-63-64-38-30-56-54(62)16-10-32-58-35-27-42(28-36-58)18-20-44-22-24-52-48(40-44)46-12-6-8-14-50(46)60(52)4-2/h5-8,11-14,17-28,33-36,39-40H,3-4,9-10,15-16,29-32,37-38H2,1-2H3/p+2. The van der Waals surface area contributed by atoms with E-state index in [-0.39, 0.29) is 11.8 Å². The molecule has 8 aromatic rings. The van der Waals surface area contributed by atoms with Gasteiger partial charge in [-0.2, -0.15) is 0 Å². The molecule has 2 N–H and O–H groups in total. The Morgan fingerprint density at radius 2 is 0.891 bits per heavy atom. The normalized spacial score (nSPS) is 11.8. The summed E-state index contributed by atoms with van der Waals surface area (Å²) in [6.45, 7) is 9.15. The Kier molecular flexibility index (Phi) is 15.3. The predicted molar refractivity (Wildman–Crippen MR) is 271 cm³/mol.